The van der Waals surface area contributed by atoms with Crippen molar-refractivity contribution in [2.24, 2.45) is 5.92 Å². The molecule has 1 aliphatic carbocycles. The molecule has 7 nitrogen and oxygen atoms in total. The lowest BCUT2D eigenvalue weighted by Gasteiger charge is -2.27. The molecule has 0 saturated heterocycles. The first-order valence-corrected chi connectivity index (χ1v) is 6.96. The Morgan fingerprint density at radius 2 is 2.10 bits per heavy atom. The van der Waals surface area contributed by atoms with Crippen LogP contribution in [0.15, 0.2) is 12.1 Å². The molecule has 0 spiro atoms. The molecule has 116 valence electrons. The van der Waals surface area contributed by atoms with Crippen molar-refractivity contribution in [2.45, 2.75) is 31.8 Å². The van der Waals surface area contributed by atoms with E-state index in [-0.39, 0.29) is 39.9 Å². The lowest BCUT2D eigenvalue weighted by atomic mass is 9.87. The first-order chi connectivity index (χ1) is 10.0. The predicted molar refractivity (Wildman–Crippen MR) is 75.3 cm³/mol. The van der Waals surface area contributed by atoms with Gasteiger partial charge < -0.3 is 19.9 Å². The minimum Gasteiger partial charge on any atom is -0.733 e. The molecular formula is C13H16ClN2O5-. The number of aromatic nitrogens is 1. The maximum absolute atomic E-state index is 11.4. The number of halogens is 1. The zero-order valence-electron chi connectivity index (χ0n) is 11.5. The summed E-state index contributed by atoms with van der Waals surface area (Å²) in [6.45, 7) is 0. The average Bonchev–Trinajstić information content (AvgIpc) is 2.47. The summed E-state index contributed by atoms with van der Waals surface area (Å²) in [5.74, 6) is 0.0294. The van der Waals surface area contributed by atoms with E-state index in [1.165, 1.54) is 19.2 Å². The van der Waals surface area contributed by atoms with Crippen molar-refractivity contribution in [3.63, 3.8) is 0 Å². The van der Waals surface area contributed by atoms with Crippen LogP contribution in [0, 0.1) is 11.1 Å². The number of ether oxygens (including phenoxy) is 2. The molecule has 1 aromatic rings. The van der Waals surface area contributed by atoms with E-state index in [0.29, 0.717) is 25.7 Å². The Labute approximate surface area is 127 Å². The normalized spacial score (nSPS) is 21.7. The molecule has 1 aromatic heterocycles. The highest BCUT2D eigenvalue weighted by molar-refractivity contribution is 6.32. The topological polar surface area (TPSA) is 95.0 Å². The SMILES string of the molecule is COC(=O)C1CCC(Oc2ccc(N([O-])O)c(Cl)n2)CC1. The largest absolute Gasteiger partial charge is 0.733 e. The van der Waals surface area contributed by atoms with E-state index in [1.807, 2.05) is 0 Å². The number of esters is 1. The monoisotopic (exact) mass is 315 g/mol. The first kappa shape index (κ1) is 15.8. The van der Waals surface area contributed by atoms with Crippen LogP contribution in [0.1, 0.15) is 25.7 Å². The van der Waals surface area contributed by atoms with E-state index >= 15 is 0 Å². The molecule has 1 aliphatic rings. The van der Waals surface area contributed by atoms with Gasteiger partial charge in [-0.3, -0.25) is 10.0 Å². The minimum atomic E-state index is -0.347. The van der Waals surface area contributed by atoms with Crippen LogP contribution in [-0.4, -0.2) is 29.4 Å². The third kappa shape index (κ3) is 3.96. The summed E-state index contributed by atoms with van der Waals surface area (Å²) < 4.78 is 10.4. The summed E-state index contributed by atoms with van der Waals surface area (Å²) in [5, 5.41) is 19.1. The van der Waals surface area contributed by atoms with Gasteiger partial charge in [0.1, 0.15) is 6.10 Å². The molecule has 0 radical (unpaired) electrons. The zero-order valence-corrected chi connectivity index (χ0v) is 12.2. The van der Waals surface area contributed by atoms with Crippen molar-refractivity contribution in [3.8, 4) is 5.88 Å². The van der Waals surface area contributed by atoms with Crippen molar-refractivity contribution >= 4 is 23.3 Å². The maximum atomic E-state index is 11.4. The molecule has 0 atom stereocenters. The molecule has 21 heavy (non-hydrogen) atoms. The number of hydrogen-bond donors (Lipinski definition) is 1. The van der Waals surface area contributed by atoms with E-state index in [1.54, 1.807) is 0 Å². The smallest absolute Gasteiger partial charge is 0.308 e. The second-order valence-corrected chi connectivity index (χ2v) is 5.21. The Kier molecular flexibility index (Phi) is 5.22. The molecule has 0 aliphatic heterocycles. The van der Waals surface area contributed by atoms with Crippen molar-refractivity contribution in [2.75, 3.05) is 12.3 Å². The number of pyridine rings is 1. The van der Waals surface area contributed by atoms with Gasteiger partial charge in [-0.25, -0.2) is 0 Å². The zero-order chi connectivity index (χ0) is 15.4. The highest BCUT2D eigenvalue weighted by Gasteiger charge is 2.28. The third-order valence-electron chi connectivity index (χ3n) is 3.51. The van der Waals surface area contributed by atoms with Gasteiger partial charge >= 0.3 is 5.97 Å². The van der Waals surface area contributed by atoms with Crippen molar-refractivity contribution in [1.29, 1.82) is 0 Å². The van der Waals surface area contributed by atoms with Gasteiger partial charge in [0.05, 0.1) is 18.7 Å². The van der Waals surface area contributed by atoms with Crippen molar-refractivity contribution < 1.29 is 19.5 Å². The number of hydrogen-bond acceptors (Lipinski definition) is 7. The molecule has 1 saturated carbocycles. The van der Waals surface area contributed by atoms with Crippen molar-refractivity contribution in [3.05, 3.63) is 22.5 Å². The van der Waals surface area contributed by atoms with Crippen LogP contribution in [0.25, 0.3) is 0 Å². The molecular weight excluding hydrogens is 300 g/mol. The number of methoxy groups -OCH3 is 1. The van der Waals surface area contributed by atoms with Crippen LogP contribution in [-0.2, 0) is 9.53 Å². The highest BCUT2D eigenvalue weighted by atomic mass is 35.5. The molecule has 1 N–H and O–H groups in total. The highest BCUT2D eigenvalue weighted by Crippen LogP contribution is 2.30. The van der Waals surface area contributed by atoms with E-state index in [0.717, 1.165) is 0 Å². The van der Waals surface area contributed by atoms with Gasteiger partial charge in [0.2, 0.25) is 5.88 Å². The van der Waals surface area contributed by atoms with Crippen LogP contribution in [0.4, 0.5) is 5.69 Å². The van der Waals surface area contributed by atoms with Crippen LogP contribution >= 0.6 is 11.6 Å². The summed E-state index contributed by atoms with van der Waals surface area (Å²) in [7, 11) is 1.39. The number of carbonyl (C=O) groups excluding carboxylic acids is 1. The van der Waals surface area contributed by atoms with Gasteiger partial charge in [0.25, 0.3) is 0 Å². The van der Waals surface area contributed by atoms with Crippen molar-refractivity contribution in [1.82, 2.24) is 4.98 Å². The Morgan fingerprint density at radius 3 is 2.62 bits per heavy atom. The van der Waals surface area contributed by atoms with Crippen LogP contribution < -0.4 is 9.96 Å². The summed E-state index contributed by atoms with van der Waals surface area (Å²) in [6, 6.07) is 2.80. The predicted octanol–water partition coefficient (Wildman–Crippen LogP) is 2.54. The van der Waals surface area contributed by atoms with Gasteiger partial charge in [0.15, 0.2) is 5.15 Å². The second-order valence-electron chi connectivity index (χ2n) is 4.85. The second kappa shape index (κ2) is 6.93. The Hall–Kier alpha value is -1.57. The standard InChI is InChI=1S/C13H16ClN2O5/c1-20-13(17)8-2-4-9(5-3-8)21-11-7-6-10(16(18)19)12(14)15-11/h6-9,18H,2-5H2,1H3/q-1. The Balaban J connectivity index is 1.92. The first-order valence-electron chi connectivity index (χ1n) is 6.58. The summed E-state index contributed by atoms with van der Waals surface area (Å²) in [4.78, 5) is 15.3. The molecule has 0 bridgehead atoms. The quantitative estimate of drug-likeness (QED) is 0.518. The molecule has 0 aromatic carbocycles. The number of rotatable bonds is 4. The molecule has 0 unspecified atom stereocenters. The number of nitrogens with zero attached hydrogens (tertiary/aromatic N) is 2. The summed E-state index contributed by atoms with van der Waals surface area (Å²) >= 11 is 5.77. The fourth-order valence-corrected chi connectivity index (χ4v) is 2.59. The van der Waals surface area contributed by atoms with E-state index in [2.05, 4.69) is 4.98 Å². The minimum absolute atomic E-state index is 0.0576. The van der Waals surface area contributed by atoms with Crippen LogP contribution in [0.3, 0.4) is 0 Å². The maximum Gasteiger partial charge on any atom is 0.308 e. The average molecular weight is 316 g/mol. The van der Waals surface area contributed by atoms with E-state index < -0.39 is 0 Å². The fraction of sp³-hybridized carbons (Fsp3) is 0.538. The molecule has 2 rings (SSSR count). The number of carbonyl (C=O) groups is 1. The lowest BCUT2D eigenvalue weighted by molar-refractivity contribution is -0.147. The van der Waals surface area contributed by atoms with Crippen LogP contribution in [0.5, 0.6) is 5.88 Å². The Bertz CT molecular complexity index is 503. The molecule has 8 heteroatoms. The summed E-state index contributed by atoms with van der Waals surface area (Å²) in [5.41, 5.74) is -0.140. The van der Waals surface area contributed by atoms with Gasteiger partial charge in [-0.15, -0.1) is 0 Å². The third-order valence-corrected chi connectivity index (χ3v) is 3.78. The molecule has 1 heterocycles. The molecule has 1 fully saturated rings. The number of anilines is 1. The molecule has 0 amide bonds. The van der Waals surface area contributed by atoms with Crippen LogP contribution in [0.2, 0.25) is 5.15 Å². The van der Waals surface area contributed by atoms with E-state index in [9.17, 15) is 10.0 Å². The summed E-state index contributed by atoms with van der Waals surface area (Å²) in [6.07, 6.45) is 2.78. The van der Waals surface area contributed by atoms with Gasteiger partial charge in [0, 0.05) is 6.07 Å². The van der Waals surface area contributed by atoms with Gasteiger partial charge in [-0.1, -0.05) is 11.6 Å². The lowest BCUT2D eigenvalue weighted by Crippen LogP contribution is -2.28. The van der Waals surface area contributed by atoms with Gasteiger partial charge in [-0.05, 0) is 31.7 Å². The van der Waals surface area contributed by atoms with E-state index in [4.69, 9.17) is 26.3 Å². The fourth-order valence-electron chi connectivity index (χ4n) is 2.37. The Morgan fingerprint density at radius 1 is 1.43 bits per heavy atom. The van der Waals surface area contributed by atoms with Gasteiger partial charge in [-0.2, -0.15) is 4.98 Å².